The maximum atomic E-state index is 13.1. The smallest absolute Gasteiger partial charge is 0.270 e. The third kappa shape index (κ3) is 4.04. The minimum absolute atomic E-state index is 0.316. The van der Waals surface area contributed by atoms with Gasteiger partial charge in [-0.15, -0.1) is 5.10 Å². The van der Waals surface area contributed by atoms with Crippen molar-refractivity contribution in [2.75, 3.05) is 14.1 Å². The first kappa shape index (κ1) is 20.7. The first-order valence-electron chi connectivity index (χ1n) is 9.41. The largest absolute Gasteiger partial charge is 0.414 e. The lowest BCUT2D eigenvalue weighted by molar-refractivity contribution is -0.553. The van der Waals surface area contributed by atoms with E-state index < -0.39 is 12.1 Å². The van der Waals surface area contributed by atoms with E-state index in [4.69, 9.17) is 11.6 Å². The van der Waals surface area contributed by atoms with Crippen molar-refractivity contribution >= 4 is 41.5 Å². The molecule has 0 aliphatic carbocycles. The number of fused-ring (bicyclic) bond motifs is 1. The van der Waals surface area contributed by atoms with Crippen LogP contribution in [0, 0.1) is 5.82 Å². The van der Waals surface area contributed by atoms with Crippen LogP contribution in [0.15, 0.2) is 58.6 Å². The lowest BCUT2D eigenvalue weighted by atomic mass is 10.1. The number of aliphatic imine (C=N–C) groups is 1. The van der Waals surface area contributed by atoms with E-state index in [1.165, 1.54) is 30.3 Å². The first-order chi connectivity index (χ1) is 14.8. The number of hydrogen-bond acceptors (Lipinski definition) is 5. The number of halogens is 2. The van der Waals surface area contributed by atoms with Crippen molar-refractivity contribution in [1.29, 1.82) is 0 Å². The number of carbonyl (C=O) groups is 2. The Morgan fingerprint density at radius 2 is 1.81 bits per heavy atom. The highest BCUT2D eigenvalue weighted by atomic mass is 35.5. The molecule has 1 N–H and O–H groups in total. The van der Waals surface area contributed by atoms with Crippen LogP contribution < -0.4 is 5.43 Å². The van der Waals surface area contributed by atoms with E-state index >= 15 is 0 Å². The SMILES string of the molecule is CN1C(=O)C2C(=NC(N/N=C/c3ccc(F)cc3)=[N+]2Cc2ccc(Cl)cc2)N(C)C1=O. The van der Waals surface area contributed by atoms with Gasteiger partial charge in [-0.1, -0.05) is 40.9 Å². The molecule has 1 unspecified atom stereocenters. The van der Waals surface area contributed by atoms with Crippen LogP contribution in [-0.4, -0.2) is 64.5 Å². The molecule has 1 atom stereocenters. The number of amides is 3. The van der Waals surface area contributed by atoms with E-state index in [2.05, 4.69) is 15.5 Å². The molecule has 4 rings (SSSR count). The van der Waals surface area contributed by atoms with Crippen LogP contribution in [0.25, 0.3) is 0 Å². The predicted molar refractivity (Wildman–Crippen MR) is 115 cm³/mol. The van der Waals surface area contributed by atoms with E-state index in [0.29, 0.717) is 28.9 Å². The maximum absolute atomic E-state index is 13.1. The lowest BCUT2D eigenvalue weighted by Gasteiger charge is -2.31. The molecule has 0 radical (unpaired) electrons. The summed E-state index contributed by atoms with van der Waals surface area (Å²) in [5, 5.41) is 4.78. The molecular weight excluding hydrogens is 423 g/mol. The van der Waals surface area contributed by atoms with Crippen LogP contribution in [0.2, 0.25) is 5.02 Å². The molecule has 2 aliphatic heterocycles. The minimum Gasteiger partial charge on any atom is -0.270 e. The molecule has 10 heteroatoms. The molecule has 0 aromatic heterocycles. The number of amidine groups is 1. The number of guanidine groups is 1. The normalized spacial score (nSPS) is 18.7. The van der Waals surface area contributed by atoms with Gasteiger partial charge in [0.15, 0.2) is 0 Å². The zero-order valence-corrected chi connectivity index (χ0v) is 17.5. The quantitative estimate of drug-likeness (QED) is 0.449. The fourth-order valence-electron chi connectivity index (χ4n) is 3.35. The number of rotatable bonds is 4. The van der Waals surface area contributed by atoms with Crippen LogP contribution in [0.1, 0.15) is 11.1 Å². The van der Waals surface area contributed by atoms with Crippen LogP contribution in [0.4, 0.5) is 9.18 Å². The lowest BCUT2D eigenvalue weighted by Crippen LogP contribution is -2.61. The molecular formula is C21H19ClFN6O2+. The second-order valence-electron chi connectivity index (χ2n) is 7.11. The number of urea groups is 1. The van der Waals surface area contributed by atoms with Crippen LogP contribution in [0.5, 0.6) is 0 Å². The Labute approximate surface area is 182 Å². The number of nitrogens with zero attached hydrogens (tertiary/aromatic N) is 5. The van der Waals surface area contributed by atoms with Gasteiger partial charge in [0.05, 0.1) is 12.8 Å². The molecule has 0 spiro atoms. The van der Waals surface area contributed by atoms with Gasteiger partial charge >= 0.3 is 12.0 Å². The van der Waals surface area contributed by atoms with Crippen molar-refractivity contribution in [3.8, 4) is 0 Å². The zero-order chi connectivity index (χ0) is 22.1. The van der Waals surface area contributed by atoms with Crippen LogP contribution >= 0.6 is 11.6 Å². The molecule has 1 saturated heterocycles. The van der Waals surface area contributed by atoms with Gasteiger partial charge in [-0.3, -0.25) is 14.6 Å². The van der Waals surface area contributed by atoms with Gasteiger partial charge in [0.2, 0.25) is 11.9 Å². The number of hydrazone groups is 1. The highest BCUT2D eigenvalue weighted by Gasteiger charge is 2.51. The Morgan fingerprint density at radius 3 is 2.48 bits per heavy atom. The maximum Gasteiger partial charge on any atom is 0.414 e. The van der Waals surface area contributed by atoms with Gasteiger partial charge in [0, 0.05) is 19.1 Å². The van der Waals surface area contributed by atoms with Crippen molar-refractivity contribution in [3.63, 3.8) is 0 Å². The molecule has 2 aromatic carbocycles. The van der Waals surface area contributed by atoms with Crippen molar-refractivity contribution in [2.45, 2.75) is 12.6 Å². The topological polar surface area (TPSA) is 80.4 Å². The van der Waals surface area contributed by atoms with E-state index in [9.17, 15) is 14.0 Å². The summed E-state index contributed by atoms with van der Waals surface area (Å²) < 4.78 is 14.8. The number of likely N-dealkylation sites (N-methyl/N-ethyl adjacent to an activating group) is 2. The van der Waals surface area contributed by atoms with E-state index in [1.54, 1.807) is 35.9 Å². The molecule has 3 amide bonds. The van der Waals surface area contributed by atoms with E-state index in [-0.39, 0.29) is 11.7 Å². The molecule has 0 bridgehead atoms. The Bertz CT molecular complexity index is 1130. The molecule has 31 heavy (non-hydrogen) atoms. The number of benzene rings is 2. The fraction of sp³-hybridized carbons (Fsp3) is 0.190. The highest BCUT2D eigenvalue weighted by Crippen LogP contribution is 2.20. The van der Waals surface area contributed by atoms with Gasteiger partial charge in [0.25, 0.3) is 5.91 Å². The van der Waals surface area contributed by atoms with Crippen molar-refractivity contribution in [2.24, 2.45) is 10.1 Å². The van der Waals surface area contributed by atoms with Crippen molar-refractivity contribution in [1.82, 2.24) is 15.2 Å². The Hall–Kier alpha value is -3.59. The van der Waals surface area contributed by atoms with Gasteiger partial charge in [-0.25, -0.2) is 13.8 Å². The van der Waals surface area contributed by atoms with E-state index in [1.807, 2.05) is 12.1 Å². The Balaban J connectivity index is 1.67. The molecule has 0 saturated carbocycles. The number of imide groups is 1. The average Bonchev–Trinajstić information content (AvgIpc) is 3.12. The summed E-state index contributed by atoms with van der Waals surface area (Å²) in [6.45, 7) is 0.338. The minimum atomic E-state index is -0.771. The van der Waals surface area contributed by atoms with Gasteiger partial charge < -0.3 is 0 Å². The standard InChI is InChI=1S/C21H18ClFN6O2/c1-27-18-17(19(30)28(2)21(27)31)29(12-14-3-7-15(22)8-4-14)20(25-18)26-24-11-13-5-9-16(23)10-6-13/h3-11,17H,12H2,1-2H3/p+1/b24-11+. The van der Waals surface area contributed by atoms with Gasteiger partial charge in [-0.05, 0) is 35.4 Å². The van der Waals surface area contributed by atoms with Crippen LogP contribution in [-0.2, 0) is 11.3 Å². The highest BCUT2D eigenvalue weighted by molar-refractivity contribution is 6.30. The summed E-state index contributed by atoms with van der Waals surface area (Å²) in [4.78, 5) is 32.1. The summed E-state index contributed by atoms with van der Waals surface area (Å²) in [6, 6.07) is 11.8. The van der Waals surface area contributed by atoms with Crippen molar-refractivity contribution in [3.05, 3.63) is 70.5 Å². The second-order valence-corrected chi connectivity index (χ2v) is 7.55. The molecule has 2 heterocycles. The summed E-state index contributed by atoms with van der Waals surface area (Å²) in [5.41, 5.74) is 4.44. The predicted octanol–water partition coefficient (Wildman–Crippen LogP) is 2.28. The summed E-state index contributed by atoms with van der Waals surface area (Å²) >= 11 is 5.98. The third-order valence-electron chi connectivity index (χ3n) is 5.05. The average molecular weight is 442 g/mol. The van der Waals surface area contributed by atoms with Gasteiger partial charge in [-0.2, -0.15) is 5.43 Å². The van der Waals surface area contributed by atoms with E-state index in [0.717, 1.165) is 10.5 Å². The van der Waals surface area contributed by atoms with Crippen LogP contribution in [0.3, 0.4) is 0 Å². The number of carbonyl (C=O) groups excluding carboxylic acids is 2. The molecule has 2 aliphatic rings. The molecule has 1 fully saturated rings. The molecule has 2 aromatic rings. The monoisotopic (exact) mass is 441 g/mol. The first-order valence-corrected chi connectivity index (χ1v) is 9.79. The molecule has 8 nitrogen and oxygen atoms in total. The number of hydrogen-bond donors (Lipinski definition) is 1. The third-order valence-corrected chi connectivity index (χ3v) is 5.30. The number of nitrogens with one attached hydrogen (secondary N) is 1. The zero-order valence-electron chi connectivity index (χ0n) is 16.8. The second kappa shape index (κ2) is 8.27. The summed E-state index contributed by atoms with van der Waals surface area (Å²) in [5.74, 6) is -0.0801. The van der Waals surface area contributed by atoms with Gasteiger partial charge in [0.1, 0.15) is 5.82 Å². The molecule has 158 valence electrons. The summed E-state index contributed by atoms with van der Waals surface area (Å²) in [6.07, 6.45) is 1.51. The Morgan fingerprint density at radius 1 is 1.13 bits per heavy atom. The summed E-state index contributed by atoms with van der Waals surface area (Å²) in [7, 11) is 3.01. The van der Waals surface area contributed by atoms with Crippen molar-refractivity contribution < 1.29 is 18.6 Å². The Kier molecular flexibility index (Phi) is 5.51. The fourth-order valence-corrected chi connectivity index (χ4v) is 3.48.